The van der Waals surface area contributed by atoms with Crippen LogP contribution in [0.3, 0.4) is 0 Å². The number of carbonyl (C=O) groups is 1. The Morgan fingerprint density at radius 2 is 1.97 bits per heavy atom. The number of methoxy groups -OCH3 is 1. The third-order valence-corrected chi connectivity index (χ3v) is 6.84. The van der Waals surface area contributed by atoms with Crippen molar-refractivity contribution in [2.45, 2.75) is 12.0 Å². The largest absolute Gasteiger partial charge is 0.493 e. The Kier molecular flexibility index (Phi) is 6.74. The van der Waals surface area contributed by atoms with Crippen molar-refractivity contribution in [3.8, 4) is 11.5 Å². The quantitative estimate of drug-likeness (QED) is 0.365. The van der Waals surface area contributed by atoms with E-state index in [0.717, 1.165) is 11.3 Å². The Hall–Kier alpha value is -2.22. The lowest BCUT2D eigenvalue weighted by Crippen LogP contribution is -2.27. The summed E-state index contributed by atoms with van der Waals surface area (Å²) in [5.74, 6) is 1.14. The zero-order chi connectivity index (χ0) is 22.0. The Labute approximate surface area is 197 Å². The fraction of sp³-hybridized carbons (Fsp3) is 0.174. The van der Waals surface area contributed by atoms with Crippen LogP contribution in [0.25, 0.3) is 0 Å². The van der Waals surface area contributed by atoms with Crippen LogP contribution in [0.4, 0.5) is 10.1 Å². The molecule has 1 fully saturated rings. The highest BCUT2D eigenvalue weighted by molar-refractivity contribution is 9.10. The highest BCUT2D eigenvalue weighted by Gasteiger charge is 2.35. The average Bonchev–Trinajstić information content (AvgIpc) is 3.14. The first-order valence-corrected chi connectivity index (χ1v) is 11.6. The summed E-state index contributed by atoms with van der Waals surface area (Å²) < 4.78 is 25.6. The molecule has 1 aliphatic heterocycles. The van der Waals surface area contributed by atoms with E-state index >= 15 is 0 Å². The highest BCUT2D eigenvalue weighted by Crippen LogP contribution is 2.46. The van der Waals surface area contributed by atoms with Gasteiger partial charge in [0.15, 0.2) is 11.5 Å². The summed E-state index contributed by atoms with van der Waals surface area (Å²) in [6, 6.07) is 17.2. The van der Waals surface area contributed by atoms with Gasteiger partial charge < -0.3 is 9.47 Å². The molecule has 8 heteroatoms. The first kappa shape index (κ1) is 22.0. The van der Waals surface area contributed by atoms with Crippen molar-refractivity contribution in [3.05, 3.63) is 87.1 Å². The zero-order valence-corrected chi connectivity index (χ0v) is 19.6. The number of anilines is 1. The predicted octanol–water partition coefficient (Wildman–Crippen LogP) is 6.61. The van der Waals surface area contributed by atoms with Crippen LogP contribution >= 0.6 is 39.3 Å². The van der Waals surface area contributed by atoms with Crippen molar-refractivity contribution in [1.29, 1.82) is 0 Å². The molecule has 1 aliphatic rings. The second kappa shape index (κ2) is 9.51. The van der Waals surface area contributed by atoms with E-state index in [-0.39, 0.29) is 23.7 Å². The van der Waals surface area contributed by atoms with Gasteiger partial charge >= 0.3 is 0 Å². The second-order valence-electron chi connectivity index (χ2n) is 6.86. The molecule has 1 atom stereocenters. The summed E-state index contributed by atoms with van der Waals surface area (Å²) in [6.45, 7) is 0.194. The number of hydrogen-bond acceptors (Lipinski definition) is 4. The number of benzene rings is 3. The molecule has 0 aliphatic carbocycles. The lowest BCUT2D eigenvalue weighted by Gasteiger charge is -2.25. The summed E-state index contributed by atoms with van der Waals surface area (Å²) in [5.41, 5.74) is 2.39. The smallest absolute Gasteiger partial charge is 0.238 e. The molecule has 160 valence electrons. The standard InChI is InChI=1S/C23H18BrClFNO3S/c1-29-20-11-15(10-19(24)22(20)30-12-14-3-2-4-17(26)9-14)23-27(21(28)13-31-23)18-7-5-16(25)6-8-18/h2-11,23H,12-13H2,1H3/t23-/m0/s1. The van der Waals surface area contributed by atoms with E-state index in [1.807, 2.05) is 24.3 Å². The second-order valence-corrected chi connectivity index (χ2v) is 9.22. The first-order chi connectivity index (χ1) is 15.0. The number of hydrogen-bond donors (Lipinski definition) is 0. The minimum atomic E-state index is -0.312. The van der Waals surface area contributed by atoms with Gasteiger partial charge in [0.2, 0.25) is 5.91 Å². The van der Waals surface area contributed by atoms with Gasteiger partial charge in [0.1, 0.15) is 17.8 Å². The van der Waals surface area contributed by atoms with Crippen LogP contribution in [-0.2, 0) is 11.4 Å². The maximum Gasteiger partial charge on any atom is 0.238 e. The lowest BCUT2D eigenvalue weighted by molar-refractivity contribution is -0.115. The third-order valence-electron chi connectivity index (χ3n) is 4.78. The predicted molar refractivity (Wildman–Crippen MR) is 126 cm³/mol. The Morgan fingerprint density at radius 3 is 2.68 bits per heavy atom. The Balaban J connectivity index is 1.62. The average molecular weight is 523 g/mol. The molecule has 0 aromatic heterocycles. The number of amides is 1. The van der Waals surface area contributed by atoms with Gasteiger partial charge in [0.05, 0.1) is 17.3 Å². The molecular formula is C23H18BrClFNO3S. The van der Waals surface area contributed by atoms with Crippen molar-refractivity contribution in [2.24, 2.45) is 0 Å². The third kappa shape index (κ3) is 4.84. The van der Waals surface area contributed by atoms with Gasteiger partial charge in [-0.05, 0) is 75.6 Å². The van der Waals surface area contributed by atoms with Crippen LogP contribution < -0.4 is 14.4 Å². The van der Waals surface area contributed by atoms with Crippen molar-refractivity contribution >= 4 is 50.9 Å². The molecule has 0 radical (unpaired) electrons. The number of nitrogens with zero attached hydrogens (tertiary/aromatic N) is 1. The van der Waals surface area contributed by atoms with Gasteiger partial charge in [-0.15, -0.1) is 11.8 Å². The number of rotatable bonds is 6. The normalized spacial score (nSPS) is 15.9. The van der Waals surface area contributed by atoms with Crippen LogP contribution in [0, 0.1) is 5.82 Å². The van der Waals surface area contributed by atoms with Crippen molar-refractivity contribution < 1.29 is 18.7 Å². The van der Waals surface area contributed by atoms with Gasteiger partial charge in [0, 0.05) is 10.7 Å². The summed E-state index contributed by atoms with van der Waals surface area (Å²) >= 11 is 11.1. The first-order valence-electron chi connectivity index (χ1n) is 9.40. The molecule has 0 bridgehead atoms. The van der Waals surface area contributed by atoms with Crippen LogP contribution in [0.5, 0.6) is 11.5 Å². The van der Waals surface area contributed by atoms with E-state index < -0.39 is 0 Å². The van der Waals surface area contributed by atoms with Crippen LogP contribution in [0.15, 0.2) is 65.1 Å². The SMILES string of the molecule is COc1cc([C@@H]2SCC(=O)N2c2ccc(Cl)cc2)cc(Br)c1OCc1cccc(F)c1. The molecular weight excluding hydrogens is 505 g/mol. The number of thioether (sulfide) groups is 1. The van der Waals surface area contributed by atoms with Gasteiger partial charge in [0.25, 0.3) is 0 Å². The number of halogens is 3. The molecule has 1 amide bonds. The molecule has 0 saturated carbocycles. The van der Waals surface area contributed by atoms with E-state index in [1.54, 1.807) is 48.0 Å². The fourth-order valence-electron chi connectivity index (χ4n) is 3.36. The Bertz CT molecular complexity index is 1110. The highest BCUT2D eigenvalue weighted by atomic mass is 79.9. The summed E-state index contributed by atoms with van der Waals surface area (Å²) in [6.07, 6.45) is 0. The van der Waals surface area contributed by atoms with E-state index in [9.17, 15) is 9.18 Å². The molecule has 4 rings (SSSR count). The molecule has 31 heavy (non-hydrogen) atoms. The fourth-order valence-corrected chi connectivity index (χ4v) is 5.21. The van der Waals surface area contributed by atoms with Crippen LogP contribution in [-0.4, -0.2) is 18.8 Å². The molecule has 0 N–H and O–H groups in total. The molecule has 3 aromatic rings. The molecule has 4 nitrogen and oxygen atoms in total. The van der Waals surface area contributed by atoms with Crippen LogP contribution in [0.1, 0.15) is 16.5 Å². The van der Waals surface area contributed by atoms with Gasteiger partial charge in [-0.2, -0.15) is 0 Å². The van der Waals surface area contributed by atoms with Crippen LogP contribution in [0.2, 0.25) is 5.02 Å². The van der Waals surface area contributed by atoms with Gasteiger partial charge in [-0.25, -0.2) is 4.39 Å². The number of carbonyl (C=O) groups excluding carboxylic acids is 1. The van der Waals surface area contributed by atoms with E-state index in [1.165, 1.54) is 12.1 Å². The van der Waals surface area contributed by atoms with Crippen molar-refractivity contribution in [1.82, 2.24) is 0 Å². The van der Waals surface area contributed by atoms with E-state index in [4.69, 9.17) is 21.1 Å². The zero-order valence-electron chi connectivity index (χ0n) is 16.5. The molecule has 0 spiro atoms. The van der Waals surface area contributed by atoms with E-state index in [2.05, 4.69) is 15.9 Å². The topological polar surface area (TPSA) is 38.8 Å². The molecule has 3 aromatic carbocycles. The van der Waals surface area contributed by atoms with Gasteiger partial charge in [-0.1, -0.05) is 23.7 Å². The number of ether oxygens (including phenoxy) is 2. The summed E-state index contributed by atoms with van der Waals surface area (Å²) in [4.78, 5) is 14.4. The summed E-state index contributed by atoms with van der Waals surface area (Å²) in [7, 11) is 1.56. The monoisotopic (exact) mass is 521 g/mol. The minimum absolute atomic E-state index is 0.0267. The molecule has 1 saturated heterocycles. The lowest BCUT2D eigenvalue weighted by atomic mass is 10.1. The minimum Gasteiger partial charge on any atom is -0.493 e. The molecule has 0 unspecified atom stereocenters. The van der Waals surface area contributed by atoms with Gasteiger partial charge in [-0.3, -0.25) is 9.69 Å². The van der Waals surface area contributed by atoms with E-state index in [0.29, 0.717) is 32.3 Å². The molecule has 1 heterocycles. The maximum absolute atomic E-state index is 13.4. The maximum atomic E-state index is 13.4. The summed E-state index contributed by atoms with van der Waals surface area (Å²) in [5, 5.41) is 0.403. The van der Waals surface area contributed by atoms with Crippen molar-refractivity contribution in [3.63, 3.8) is 0 Å². The van der Waals surface area contributed by atoms with Crippen molar-refractivity contribution in [2.75, 3.05) is 17.8 Å². The Morgan fingerprint density at radius 1 is 1.19 bits per heavy atom.